The standard InChI is InChI=1S/C16H16FNO4S/c17-13-3-5-14(6-4-13)23(19,20)18-11-12-2-7-15-16(10-12)22-9-1-8-21-15/h2-7,10,18H,1,8-9,11H2. The van der Waals surface area contributed by atoms with E-state index in [-0.39, 0.29) is 11.4 Å². The molecule has 1 N–H and O–H groups in total. The van der Waals surface area contributed by atoms with Crippen LogP contribution in [0.4, 0.5) is 4.39 Å². The number of fused-ring (bicyclic) bond motifs is 1. The molecule has 0 aromatic heterocycles. The zero-order chi connectivity index (χ0) is 16.3. The lowest BCUT2D eigenvalue weighted by atomic mass is 10.2. The van der Waals surface area contributed by atoms with Gasteiger partial charge >= 0.3 is 0 Å². The highest BCUT2D eigenvalue weighted by atomic mass is 32.2. The first-order chi connectivity index (χ1) is 11.0. The van der Waals surface area contributed by atoms with Gasteiger partial charge in [0.2, 0.25) is 10.0 Å². The van der Waals surface area contributed by atoms with Crippen LogP contribution in [0.2, 0.25) is 0 Å². The maximum atomic E-state index is 12.9. The summed E-state index contributed by atoms with van der Waals surface area (Å²) in [5.74, 6) is 0.792. The third kappa shape index (κ3) is 3.80. The van der Waals surface area contributed by atoms with Crippen molar-refractivity contribution in [1.29, 1.82) is 0 Å². The molecule has 1 aliphatic heterocycles. The van der Waals surface area contributed by atoms with Crippen LogP contribution in [0, 0.1) is 5.82 Å². The van der Waals surface area contributed by atoms with Gasteiger partial charge in [-0.15, -0.1) is 0 Å². The van der Waals surface area contributed by atoms with Crippen LogP contribution >= 0.6 is 0 Å². The van der Waals surface area contributed by atoms with Crippen molar-refractivity contribution < 1.29 is 22.3 Å². The minimum Gasteiger partial charge on any atom is -0.490 e. The molecule has 5 nitrogen and oxygen atoms in total. The summed E-state index contributed by atoms with van der Waals surface area (Å²) in [4.78, 5) is 0.0215. The fourth-order valence-corrected chi connectivity index (χ4v) is 3.21. The number of hydrogen-bond donors (Lipinski definition) is 1. The second-order valence-corrected chi connectivity index (χ2v) is 6.88. The van der Waals surface area contributed by atoms with E-state index in [0.717, 1.165) is 24.1 Å². The van der Waals surface area contributed by atoms with Gasteiger partial charge in [0.05, 0.1) is 18.1 Å². The van der Waals surface area contributed by atoms with E-state index in [2.05, 4.69) is 4.72 Å². The zero-order valence-corrected chi connectivity index (χ0v) is 13.1. The summed E-state index contributed by atoms with van der Waals surface area (Å²) in [6.45, 7) is 1.28. The number of rotatable bonds is 4. The molecule has 0 aliphatic carbocycles. The summed E-state index contributed by atoms with van der Waals surface area (Å²) < 4.78 is 50.8. The highest BCUT2D eigenvalue weighted by molar-refractivity contribution is 7.89. The summed E-state index contributed by atoms with van der Waals surface area (Å²) in [7, 11) is -3.69. The summed E-state index contributed by atoms with van der Waals surface area (Å²) >= 11 is 0. The molecule has 0 atom stereocenters. The number of sulfonamides is 1. The van der Waals surface area contributed by atoms with Crippen molar-refractivity contribution in [2.75, 3.05) is 13.2 Å². The van der Waals surface area contributed by atoms with E-state index < -0.39 is 15.8 Å². The Kier molecular flexibility index (Phi) is 4.49. The second kappa shape index (κ2) is 6.55. The van der Waals surface area contributed by atoms with Crippen molar-refractivity contribution in [3.8, 4) is 11.5 Å². The van der Waals surface area contributed by atoms with Gasteiger partial charge in [0, 0.05) is 13.0 Å². The Labute approximate surface area is 134 Å². The lowest BCUT2D eigenvalue weighted by molar-refractivity contribution is 0.297. The molecule has 23 heavy (non-hydrogen) atoms. The van der Waals surface area contributed by atoms with E-state index in [9.17, 15) is 12.8 Å². The van der Waals surface area contributed by atoms with Gasteiger partial charge in [0.25, 0.3) is 0 Å². The lowest BCUT2D eigenvalue weighted by Gasteiger charge is -2.10. The molecule has 0 radical (unpaired) electrons. The van der Waals surface area contributed by atoms with Crippen molar-refractivity contribution in [3.63, 3.8) is 0 Å². The predicted molar refractivity (Wildman–Crippen MR) is 82.5 cm³/mol. The first kappa shape index (κ1) is 15.8. The van der Waals surface area contributed by atoms with E-state index in [0.29, 0.717) is 24.7 Å². The molecular weight excluding hydrogens is 321 g/mol. The monoisotopic (exact) mass is 337 g/mol. The quantitative estimate of drug-likeness (QED) is 0.931. The molecule has 1 heterocycles. The lowest BCUT2D eigenvalue weighted by Crippen LogP contribution is -2.23. The number of ether oxygens (including phenoxy) is 2. The molecule has 0 bridgehead atoms. The van der Waals surface area contributed by atoms with E-state index >= 15 is 0 Å². The van der Waals surface area contributed by atoms with Crippen LogP contribution in [0.3, 0.4) is 0 Å². The topological polar surface area (TPSA) is 64.6 Å². The molecule has 0 saturated heterocycles. The van der Waals surface area contributed by atoms with Gasteiger partial charge in [-0.3, -0.25) is 0 Å². The Morgan fingerprint density at radius 1 is 1.00 bits per heavy atom. The average Bonchev–Trinajstić information content (AvgIpc) is 2.78. The Morgan fingerprint density at radius 3 is 2.43 bits per heavy atom. The Morgan fingerprint density at radius 2 is 1.70 bits per heavy atom. The molecule has 0 unspecified atom stereocenters. The summed E-state index contributed by atoms with van der Waals surface area (Å²) in [5, 5.41) is 0. The first-order valence-electron chi connectivity index (χ1n) is 7.18. The highest BCUT2D eigenvalue weighted by Gasteiger charge is 2.15. The minimum absolute atomic E-state index is 0.0215. The first-order valence-corrected chi connectivity index (χ1v) is 8.67. The van der Waals surface area contributed by atoms with E-state index in [4.69, 9.17) is 9.47 Å². The Bertz CT molecular complexity index is 790. The molecule has 3 rings (SSSR count). The fraction of sp³-hybridized carbons (Fsp3) is 0.250. The molecule has 2 aromatic carbocycles. The van der Waals surface area contributed by atoms with E-state index in [1.165, 1.54) is 12.1 Å². The summed E-state index contributed by atoms with van der Waals surface area (Å²) in [6, 6.07) is 9.98. The van der Waals surface area contributed by atoms with Crippen LogP contribution in [0.5, 0.6) is 11.5 Å². The normalized spacial score (nSPS) is 14.3. The van der Waals surface area contributed by atoms with Crippen LogP contribution < -0.4 is 14.2 Å². The van der Waals surface area contributed by atoms with Gasteiger partial charge in [-0.1, -0.05) is 6.07 Å². The zero-order valence-electron chi connectivity index (χ0n) is 12.3. The third-order valence-corrected chi connectivity index (χ3v) is 4.82. The maximum Gasteiger partial charge on any atom is 0.240 e. The van der Waals surface area contributed by atoms with Gasteiger partial charge in [0.1, 0.15) is 5.82 Å². The number of halogens is 1. The van der Waals surface area contributed by atoms with E-state index in [1.54, 1.807) is 18.2 Å². The molecule has 2 aromatic rings. The number of hydrogen-bond acceptors (Lipinski definition) is 4. The van der Waals surface area contributed by atoms with Crippen molar-refractivity contribution in [1.82, 2.24) is 4.72 Å². The molecule has 0 amide bonds. The van der Waals surface area contributed by atoms with Gasteiger partial charge in [0.15, 0.2) is 11.5 Å². The SMILES string of the molecule is O=S(=O)(NCc1ccc2c(c1)OCCCO2)c1ccc(F)cc1. The molecule has 0 fully saturated rings. The summed E-state index contributed by atoms with van der Waals surface area (Å²) in [6.07, 6.45) is 0.807. The van der Waals surface area contributed by atoms with Crippen molar-refractivity contribution >= 4 is 10.0 Å². The van der Waals surface area contributed by atoms with Gasteiger partial charge < -0.3 is 9.47 Å². The van der Waals surface area contributed by atoms with Crippen molar-refractivity contribution in [2.24, 2.45) is 0 Å². The molecule has 0 spiro atoms. The largest absolute Gasteiger partial charge is 0.490 e. The van der Waals surface area contributed by atoms with Crippen molar-refractivity contribution in [3.05, 3.63) is 53.8 Å². The maximum absolute atomic E-state index is 12.9. The van der Waals surface area contributed by atoms with Gasteiger partial charge in [-0.2, -0.15) is 0 Å². The average molecular weight is 337 g/mol. The Hall–Kier alpha value is -2.12. The summed E-state index contributed by atoms with van der Waals surface area (Å²) in [5.41, 5.74) is 0.750. The van der Waals surface area contributed by atoms with E-state index in [1.807, 2.05) is 0 Å². The molecular formula is C16H16FNO4S. The van der Waals surface area contributed by atoms with Crippen LogP contribution in [-0.2, 0) is 16.6 Å². The second-order valence-electron chi connectivity index (χ2n) is 5.11. The van der Waals surface area contributed by atoms with Crippen LogP contribution in [0.25, 0.3) is 0 Å². The molecule has 1 aliphatic rings. The van der Waals surface area contributed by atoms with Crippen molar-refractivity contribution in [2.45, 2.75) is 17.9 Å². The van der Waals surface area contributed by atoms with Gasteiger partial charge in [-0.05, 0) is 42.0 Å². The molecule has 0 saturated carbocycles. The number of benzene rings is 2. The van der Waals surface area contributed by atoms with Crippen LogP contribution in [0.15, 0.2) is 47.4 Å². The Balaban J connectivity index is 1.72. The molecule has 7 heteroatoms. The van der Waals surface area contributed by atoms with Crippen LogP contribution in [-0.4, -0.2) is 21.6 Å². The third-order valence-electron chi connectivity index (χ3n) is 3.40. The highest BCUT2D eigenvalue weighted by Crippen LogP contribution is 2.30. The minimum atomic E-state index is -3.69. The fourth-order valence-electron chi connectivity index (χ4n) is 2.19. The predicted octanol–water partition coefficient (Wildman–Crippen LogP) is 2.47. The van der Waals surface area contributed by atoms with Crippen LogP contribution in [0.1, 0.15) is 12.0 Å². The smallest absolute Gasteiger partial charge is 0.240 e. The van der Waals surface area contributed by atoms with Gasteiger partial charge in [-0.25, -0.2) is 17.5 Å². The number of nitrogens with one attached hydrogen (secondary N) is 1. The molecule has 122 valence electrons.